The van der Waals surface area contributed by atoms with Gasteiger partial charge in [0, 0.05) is 17.1 Å². The maximum atomic E-state index is 4.56. The fourth-order valence-electron chi connectivity index (χ4n) is 1.62. The Bertz CT molecular complexity index is 585. The Kier molecular flexibility index (Phi) is 1.75. The zero-order valence-electron chi connectivity index (χ0n) is 8.01. The van der Waals surface area contributed by atoms with Gasteiger partial charge in [0.25, 0.3) is 0 Å². The van der Waals surface area contributed by atoms with Crippen molar-refractivity contribution in [2.45, 2.75) is 0 Å². The second-order valence-electron chi connectivity index (χ2n) is 3.38. The van der Waals surface area contributed by atoms with Crippen molar-refractivity contribution in [2.24, 2.45) is 0 Å². The van der Waals surface area contributed by atoms with Crippen LogP contribution in [0.15, 0.2) is 48.8 Å². The Morgan fingerprint density at radius 1 is 1.00 bits per heavy atom. The van der Waals surface area contributed by atoms with Gasteiger partial charge in [0.05, 0.1) is 17.4 Å². The minimum atomic E-state index is 0.947. The Hall–Kier alpha value is -2.16. The van der Waals surface area contributed by atoms with Crippen LogP contribution in [0, 0.1) is 0 Å². The van der Waals surface area contributed by atoms with Gasteiger partial charge in [0.15, 0.2) is 0 Å². The summed E-state index contributed by atoms with van der Waals surface area (Å²) in [7, 11) is 0. The minimum absolute atomic E-state index is 0.947. The predicted molar refractivity (Wildman–Crippen MR) is 59.3 cm³/mol. The summed E-state index contributed by atoms with van der Waals surface area (Å²) >= 11 is 0. The molecular formula is C12H9N3. The molecule has 1 aromatic carbocycles. The quantitative estimate of drug-likeness (QED) is 0.648. The molecule has 15 heavy (non-hydrogen) atoms. The maximum Gasteiger partial charge on any atom is 0.0741 e. The molecular weight excluding hydrogens is 186 g/mol. The molecule has 1 N–H and O–H groups in total. The summed E-state index contributed by atoms with van der Waals surface area (Å²) in [6.07, 6.45) is 3.62. The second kappa shape index (κ2) is 3.20. The number of pyridine rings is 1. The monoisotopic (exact) mass is 195 g/mol. The number of rotatable bonds is 1. The number of para-hydroxylation sites is 1. The van der Waals surface area contributed by atoms with Crippen LogP contribution in [0.3, 0.4) is 0 Å². The van der Waals surface area contributed by atoms with Gasteiger partial charge in [0.1, 0.15) is 0 Å². The molecule has 0 saturated carbocycles. The molecule has 3 aromatic rings. The Morgan fingerprint density at radius 2 is 1.93 bits per heavy atom. The molecule has 0 spiro atoms. The van der Waals surface area contributed by atoms with Gasteiger partial charge in [-0.15, -0.1) is 0 Å². The SMILES string of the molecule is c1ccc2nc(-c3cn[nH]c3)ccc2c1. The number of hydrogen-bond acceptors (Lipinski definition) is 2. The van der Waals surface area contributed by atoms with E-state index >= 15 is 0 Å². The predicted octanol–water partition coefficient (Wildman–Crippen LogP) is 2.62. The van der Waals surface area contributed by atoms with Crippen molar-refractivity contribution in [1.82, 2.24) is 15.2 Å². The molecule has 2 aromatic heterocycles. The van der Waals surface area contributed by atoms with Crippen molar-refractivity contribution >= 4 is 10.9 Å². The van der Waals surface area contributed by atoms with Crippen molar-refractivity contribution in [3.63, 3.8) is 0 Å². The number of nitrogens with zero attached hydrogens (tertiary/aromatic N) is 2. The molecule has 0 saturated heterocycles. The van der Waals surface area contributed by atoms with Gasteiger partial charge in [-0.1, -0.05) is 24.3 Å². The van der Waals surface area contributed by atoms with Crippen molar-refractivity contribution in [1.29, 1.82) is 0 Å². The van der Waals surface area contributed by atoms with Gasteiger partial charge >= 0.3 is 0 Å². The molecule has 0 aliphatic carbocycles. The van der Waals surface area contributed by atoms with Crippen LogP contribution in [0.4, 0.5) is 0 Å². The molecule has 0 atom stereocenters. The van der Waals surface area contributed by atoms with E-state index in [4.69, 9.17) is 0 Å². The summed E-state index contributed by atoms with van der Waals surface area (Å²) < 4.78 is 0. The summed E-state index contributed by atoms with van der Waals surface area (Å²) in [5.74, 6) is 0. The number of aromatic nitrogens is 3. The molecule has 72 valence electrons. The van der Waals surface area contributed by atoms with E-state index in [1.165, 1.54) is 0 Å². The molecule has 0 aliphatic heterocycles. The van der Waals surface area contributed by atoms with Crippen LogP contribution in [0.1, 0.15) is 0 Å². The highest BCUT2D eigenvalue weighted by molar-refractivity contribution is 5.81. The highest BCUT2D eigenvalue weighted by atomic mass is 15.1. The number of aromatic amines is 1. The molecule has 3 nitrogen and oxygen atoms in total. The molecule has 2 heterocycles. The second-order valence-corrected chi connectivity index (χ2v) is 3.38. The molecule has 0 unspecified atom stereocenters. The Balaban J connectivity index is 2.22. The van der Waals surface area contributed by atoms with Gasteiger partial charge in [-0.05, 0) is 12.1 Å². The third-order valence-corrected chi connectivity index (χ3v) is 2.39. The van der Waals surface area contributed by atoms with E-state index in [0.717, 1.165) is 22.2 Å². The number of nitrogens with one attached hydrogen (secondary N) is 1. The largest absolute Gasteiger partial charge is 0.285 e. The standard InChI is InChI=1S/C12H9N3/c1-2-4-11-9(3-1)5-6-12(15-11)10-7-13-14-8-10/h1-8H,(H,13,14). The summed E-state index contributed by atoms with van der Waals surface area (Å²) in [5.41, 5.74) is 2.97. The molecule has 0 bridgehead atoms. The number of benzene rings is 1. The smallest absolute Gasteiger partial charge is 0.0741 e. The normalized spacial score (nSPS) is 10.7. The van der Waals surface area contributed by atoms with Gasteiger partial charge in [0.2, 0.25) is 0 Å². The van der Waals surface area contributed by atoms with Crippen molar-refractivity contribution in [2.75, 3.05) is 0 Å². The van der Waals surface area contributed by atoms with Crippen molar-refractivity contribution < 1.29 is 0 Å². The van der Waals surface area contributed by atoms with E-state index in [1.807, 2.05) is 30.5 Å². The third kappa shape index (κ3) is 1.38. The molecule has 0 fully saturated rings. The van der Waals surface area contributed by atoms with E-state index < -0.39 is 0 Å². The molecule has 0 aliphatic rings. The minimum Gasteiger partial charge on any atom is -0.285 e. The summed E-state index contributed by atoms with van der Waals surface area (Å²) in [4.78, 5) is 4.56. The zero-order chi connectivity index (χ0) is 10.1. The first-order chi connectivity index (χ1) is 7.43. The van der Waals surface area contributed by atoms with E-state index in [9.17, 15) is 0 Å². The lowest BCUT2D eigenvalue weighted by Crippen LogP contribution is -1.82. The van der Waals surface area contributed by atoms with E-state index in [0.29, 0.717) is 0 Å². The van der Waals surface area contributed by atoms with Gasteiger partial charge in [-0.2, -0.15) is 5.10 Å². The molecule has 3 heteroatoms. The van der Waals surface area contributed by atoms with Crippen LogP contribution in [-0.2, 0) is 0 Å². The van der Waals surface area contributed by atoms with Gasteiger partial charge in [-0.25, -0.2) is 4.98 Å². The lowest BCUT2D eigenvalue weighted by molar-refractivity contribution is 1.09. The first-order valence-corrected chi connectivity index (χ1v) is 4.78. The van der Waals surface area contributed by atoms with E-state index in [1.54, 1.807) is 6.20 Å². The summed E-state index contributed by atoms with van der Waals surface area (Å²) in [6.45, 7) is 0. The number of hydrogen-bond donors (Lipinski definition) is 1. The van der Waals surface area contributed by atoms with Crippen LogP contribution >= 0.6 is 0 Å². The molecule has 0 radical (unpaired) electrons. The van der Waals surface area contributed by atoms with Crippen LogP contribution in [-0.4, -0.2) is 15.2 Å². The topological polar surface area (TPSA) is 41.6 Å². The summed E-state index contributed by atoms with van der Waals surface area (Å²) in [5, 5.41) is 7.86. The lowest BCUT2D eigenvalue weighted by atomic mass is 10.1. The van der Waals surface area contributed by atoms with Crippen LogP contribution in [0.5, 0.6) is 0 Å². The Labute approximate surface area is 86.8 Å². The Morgan fingerprint density at radius 3 is 2.80 bits per heavy atom. The van der Waals surface area contributed by atoms with Crippen LogP contribution in [0.2, 0.25) is 0 Å². The third-order valence-electron chi connectivity index (χ3n) is 2.39. The van der Waals surface area contributed by atoms with Crippen LogP contribution < -0.4 is 0 Å². The highest BCUT2D eigenvalue weighted by Crippen LogP contribution is 2.19. The first-order valence-electron chi connectivity index (χ1n) is 4.78. The van der Waals surface area contributed by atoms with E-state index in [2.05, 4.69) is 27.3 Å². The first kappa shape index (κ1) is 8.17. The van der Waals surface area contributed by atoms with Crippen molar-refractivity contribution in [3.8, 4) is 11.3 Å². The van der Waals surface area contributed by atoms with E-state index in [-0.39, 0.29) is 0 Å². The maximum absolute atomic E-state index is 4.56. The van der Waals surface area contributed by atoms with Gasteiger partial charge < -0.3 is 0 Å². The molecule has 0 amide bonds. The number of fused-ring (bicyclic) bond motifs is 1. The van der Waals surface area contributed by atoms with Crippen LogP contribution in [0.25, 0.3) is 22.2 Å². The lowest BCUT2D eigenvalue weighted by Gasteiger charge is -1.99. The fourth-order valence-corrected chi connectivity index (χ4v) is 1.62. The fraction of sp³-hybridized carbons (Fsp3) is 0. The average Bonchev–Trinajstić information content (AvgIpc) is 2.82. The molecule has 3 rings (SSSR count). The van der Waals surface area contributed by atoms with Crippen molar-refractivity contribution in [3.05, 3.63) is 48.8 Å². The highest BCUT2D eigenvalue weighted by Gasteiger charge is 2.01. The average molecular weight is 195 g/mol. The van der Waals surface area contributed by atoms with Gasteiger partial charge in [-0.3, -0.25) is 5.10 Å². The zero-order valence-corrected chi connectivity index (χ0v) is 8.01. The summed E-state index contributed by atoms with van der Waals surface area (Å²) in [6, 6.07) is 12.2. The number of H-pyrrole nitrogens is 1.